The first-order valence-electron chi connectivity index (χ1n) is 14.7. The normalized spacial score (nSPS) is 22.3. The van der Waals surface area contributed by atoms with Gasteiger partial charge in [0.2, 0.25) is 0 Å². The Morgan fingerprint density at radius 3 is 2.57 bits per heavy atom. The predicted octanol–water partition coefficient (Wildman–Crippen LogP) is 4.10. The van der Waals surface area contributed by atoms with E-state index in [1.54, 1.807) is 24.3 Å². The van der Waals surface area contributed by atoms with E-state index < -0.39 is 50.4 Å². The van der Waals surface area contributed by atoms with Crippen LogP contribution in [0.3, 0.4) is 0 Å². The van der Waals surface area contributed by atoms with Crippen molar-refractivity contribution in [3.8, 4) is 5.75 Å². The van der Waals surface area contributed by atoms with Gasteiger partial charge in [0.1, 0.15) is 42.2 Å². The number of aromatic nitrogens is 3. The fourth-order valence-electron chi connectivity index (χ4n) is 5.35. The van der Waals surface area contributed by atoms with Crippen LogP contribution in [0.1, 0.15) is 25.6 Å². The summed E-state index contributed by atoms with van der Waals surface area (Å²) in [5.41, 5.74) is 7.94. The molecule has 1 aliphatic heterocycles. The largest absolute Gasteiger partial charge is 0.460 e. The number of nitrogens with one attached hydrogen (secondary N) is 1. The van der Waals surface area contributed by atoms with Crippen LogP contribution in [0.5, 0.6) is 5.75 Å². The zero-order chi connectivity index (χ0) is 32.4. The molecule has 3 heterocycles. The number of hydrogen-bond acceptors (Lipinski definition) is 11. The van der Waals surface area contributed by atoms with Crippen LogP contribution in [-0.2, 0) is 30.0 Å². The minimum atomic E-state index is -4.40. The third-order valence-electron chi connectivity index (χ3n) is 7.71. The molecule has 1 fully saturated rings. The average molecular weight is 648 g/mol. The maximum atomic E-state index is 14.5. The number of benzene rings is 3. The Bertz CT molecular complexity index is 1880. The third-order valence-corrected chi connectivity index (χ3v) is 9.46. The number of esters is 1. The number of ether oxygens (including phenoxy) is 2. The van der Waals surface area contributed by atoms with Gasteiger partial charge in [0.25, 0.3) is 0 Å². The second-order valence-corrected chi connectivity index (χ2v) is 12.7. The Morgan fingerprint density at radius 1 is 1.02 bits per heavy atom. The Hall–Kier alpha value is -4.36. The van der Waals surface area contributed by atoms with E-state index in [1.807, 2.05) is 54.6 Å². The molecule has 3 aromatic carbocycles. The molecule has 1 saturated heterocycles. The lowest BCUT2D eigenvalue weighted by atomic mass is 10.1. The molecule has 7 atom stereocenters. The summed E-state index contributed by atoms with van der Waals surface area (Å²) in [4.78, 5) is 21.5. The highest BCUT2D eigenvalue weighted by atomic mass is 31.2. The fourth-order valence-corrected chi connectivity index (χ4v) is 7.06. The zero-order valence-electron chi connectivity index (χ0n) is 25.0. The standard InChI is InChI=1S/C32H34N5O8P/c1-19(32(40)42-17-21-9-4-3-5-10-21)36-46(41,45-25-14-8-12-22-11-6-7-13-23(22)25)44-20(2)29-27(38)28(39)31(43-29)37-18-35-26-24(33)15-16-34-30(26)37/h3-16,18-20,27-29,31,38-39H,17H2,1-2H3,(H2,33,34)(H,36,41)/t19?,20?,27?,28?,29-,31-,46?/m1/s1. The monoisotopic (exact) mass is 647 g/mol. The van der Waals surface area contributed by atoms with Crippen LogP contribution < -0.4 is 15.3 Å². The van der Waals surface area contributed by atoms with Crippen LogP contribution in [0, 0.1) is 0 Å². The molecule has 6 rings (SSSR count). The fraction of sp³-hybridized carbons (Fsp3) is 0.281. The highest BCUT2D eigenvalue weighted by Gasteiger charge is 2.49. The first-order chi connectivity index (χ1) is 22.1. The van der Waals surface area contributed by atoms with E-state index in [9.17, 15) is 19.6 Å². The van der Waals surface area contributed by atoms with E-state index in [-0.39, 0.29) is 12.4 Å². The highest BCUT2D eigenvalue weighted by Crippen LogP contribution is 2.49. The number of nitrogen functional groups attached to an aromatic ring is 1. The van der Waals surface area contributed by atoms with Gasteiger partial charge >= 0.3 is 13.7 Å². The van der Waals surface area contributed by atoms with Crippen LogP contribution in [0.4, 0.5) is 5.69 Å². The summed E-state index contributed by atoms with van der Waals surface area (Å²) < 4.78 is 39.5. The number of carbonyl (C=O) groups is 1. The first-order valence-corrected chi connectivity index (χ1v) is 16.2. The average Bonchev–Trinajstić information content (AvgIpc) is 3.61. The molecule has 0 radical (unpaired) electrons. The molecule has 5 unspecified atom stereocenters. The van der Waals surface area contributed by atoms with Crippen molar-refractivity contribution in [3.05, 3.63) is 97.0 Å². The van der Waals surface area contributed by atoms with Crippen molar-refractivity contribution >= 4 is 41.3 Å². The number of hydrogen-bond donors (Lipinski definition) is 4. The van der Waals surface area contributed by atoms with E-state index in [2.05, 4.69) is 15.1 Å². The van der Waals surface area contributed by atoms with Crippen molar-refractivity contribution in [1.82, 2.24) is 19.6 Å². The van der Waals surface area contributed by atoms with Crippen LogP contribution in [-0.4, -0.2) is 61.2 Å². The quantitative estimate of drug-likeness (QED) is 0.119. The molecule has 5 aromatic rings. The van der Waals surface area contributed by atoms with Crippen molar-refractivity contribution in [2.75, 3.05) is 5.73 Å². The second-order valence-electron chi connectivity index (χ2n) is 11.0. The Morgan fingerprint density at radius 2 is 1.76 bits per heavy atom. The second kappa shape index (κ2) is 13.2. The molecule has 13 nitrogen and oxygen atoms in total. The molecule has 240 valence electrons. The van der Waals surface area contributed by atoms with Gasteiger partial charge < -0.3 is 29.9 Å². The van der Waals surface area contributed by atoms with Gasteiger partial charge in [0.15, 0.2) is 11.9 Å². The van der Waals surface area contributed by atoms with E-state index in [1.165, 1.54) is 30.9 Å². The summed E-state index contributed by atoms with van der Waals surface area (Å²) in [6.07, 6.45) is -3.39. The smallest absolute Gasteiger partial charge is 0.459 e. The molecular weight excluding hydrogens is 613 g/mol. The summed E-state index contributed by atoms with van der Waals surface area (Å²) in [7, 11) is -4.40. The van der Waals surface area contributed by atoms with E-state index >= 15 is 0 Å². The maximum absolute atomic E-state index is 14.5. The van der Waals surface area contributed by atoms with Gasteiger partial charge in [-0.3, -0.25) is 13.9 Å². The Kier molecular flexibility index (Phi) is 9.05. The minimum Gasteiger partial charge on any atom is -0.460 e. The highest BCUT2D eigenvalue weighted by molar-refractivity contribution is 7.52. The Labute approximate surface area is 264 Å². The van der Waals surface area contributed by atoms with Crippen LogP contribution in [0.2, 0.25) is 0 Å². The first kappa shape index (κ1) is 31.6. The number of aliphatic hydroxyl groups excluding tert-OH is 2. The van der Waals surface area contributed by atoms with Crippen LogP contribution in [0.25, 0.3) is 21.9 Å². The lowest BCUT2D eigenvalue weighted by Gasteiger charge is -2.29. The number of nitrogens with two attached hydrogens (primary N) is 1. The zero-order valence-corrected chi connectivity index (χ0v) is 25.9. The van der Waals surface area contributed by atoms with Crippen LogP contribution >= 0.6 is 7.75 Å². The van der Waals surface area contributed by atoms with Gasteiger partial charge in [0.05, 0.1) is 18.1 Å². The number of pyridine rings is 1. The van der Waals surface area contributed by atoms with Gasteiger partial charge in [-0.05, 0) is 36.9 Å². The number of fused-ring (bicyclic) bond motifs is 2. The Balaban J connectivity index is 1.24. The predicted molar refractivity (Wildman–Crippen MR) is 169 cm³/mol. The van der Waals surface area contributed by atoms with Gasteiger partial charge in [-0.2, -0.15) is 5.09 Å². The van der Waals surface area contributed by atoms with Gasteiger partial charge in [-0.15, -0.1) is 0 Å². The molecule has 0 amide bonds. The maximum Gasteiger partial charge on any atom is 0.459 e. The molecule has 1 aliphatic rings. The molecule has 2 aromatic heterocycles. The van der Waals surface area contributed by atoms with Gasteiger partial charge in [0, 0.05) is 11.6 Å². The third kappa shape index (κ3) is 6.47. The molecule has 14 heteroatoms. The van der Waals surface area contributed by atoms with Gasteiger partial charge in [-0.1, -0.05) is 66.7 Å². The lowest BCUT2D eigenvalue weighted by molar-refractivity contribution is -0.146. The SMILES string of the molecule is CC(NP(=O)(Oc1cccc2ccccc12)OC(C)[C@H]1O[C@@H](n2cnc3c(N)ccnc32)C(O)C1O)C(=O)OCc1ccccc1. The number of rotatable bonds is 11. The van der Waals surface area contributed by atoms with E-state index in [0.29, 0.717) is 22.2 Å². The molecule has 46 heavy (non-hydrogen) atoms. The number of aliphatic hydroxyl groups is 2. The van der Waals surface area contributed by atoms with Crippen molar-refractivity contribution in [2.24, 2.45) is 0 Å². The molecule has 5 N–H and O–H groups in total. The van der Waals surface area contributed by atoms with Crippen molar-refractivity contribution < 1.29 is 38.1 Å². The number of carbonyl (C=O) groups excluding carboxylic acids is 1. The summed E-state index contributed by atoms with van der Waals surface area (Å²) >= 11 is 0. The molecule has 0 saturated carbocycles. The summed E-state index contributed by atoms with van der Waals surface area (Å²) in [5.74, 6) is -0.446. The molecular formula is C32H34N5O8P. The van der Waals surface area contributed by atoms with Crippen molar-refractivity contribution in [2.45, 2.75) is 57.1 Å². The summed E-state index contributed by atoms with van der Waals surface area (Å²) in [5, 5.41) is 26.2. The van der Waals surface area contributed by atoms with Crippen molar-refractivity contribution in [3.63, 3.8) is 0 Å². The molecule has 0 spiro atoms. The van der Waals surface area contributed by atoms with E-state index in [4.69, 9.17) is 24.3 Å². The summed E-state index contributed by atoms with van der Waals surface area (Å²) in [6.45, 7) is 3.01. The summed E-state index contributed by atoms with van der Waals surface area (Å²) in [6, 6.07) is 22.2. The molecule has 0 aliphatic carbocycles. The number of imidazole rings is 1. The van der Waals surface area contributed by atoms with E-state index in [0.717, 1.165) is 10.9 Å². The topological polar surface area (TPSA) is 180 Å². The number of nitrogens with zero attached hydrogens (tertiary/aromatic N) is 3. The van der Waals surface area contributed by atoms with Gasteiger partial charge in [-0.25, -0.2) is 14.5 Å². The lowest BCUT2D eigenvalue weighted by Crippen LogP contribution is -2.41. The van der Waals surface area contributed by atoms with Crippen LogP contribution in [0.15, 0.2) is 91.4 Å². The van der Waals surface area contributed by atoms with Crippen molar-refractivity contribution in [1.29, 1.82) is 0 Å². The molecule has 0 bridgehead atoms. The number of anilines is 1. The minimum absolute atomic E-state index is 0.0161.